The first-order valence-electron chi connectivity index (χ1n) is 6.34. The van der Waals surface area contributed by atoms with Crippen LogP contribution in [0.2, 0.25) is 0 Å². The molecule has 1 N–H and O–H groups in total. The molecule has 1 unspecified atom stereocenters. The van der Waals surface area contributed by atoms with Crippen molar-refractivity contribution >= 4 is 11.6 Å². The Morgan fingerprint density at radius 2 is 2.24 bits per heavy atom. The summed E-state index contributed by atoms with van der Waals surface area (Å²) in [6.45, 7) is 6.53. The SMILES string of the molecule is CCC(C)C(=O)N1CCNCc2ccccc21. The van der Waals surface area contributed by atoms with Gasteiger partial charge in [-0.3, -0.25) is 4.79 Å². The zero-order chi connectivity index (χ0) is 12.3. The predicted octanol–water partition coefficient (Wildman–Crippen LogP) is 2.17. The molecule has 1 heterocycles. The fraction of sp³-hybridized carbons (Fsp3) is 0.500. The summed E-state index contributed by atoms with van der Waals surface area (Å²) in [6, 6.07) is 8.16. The number of carbonyl (C=O) groups is 1. The number of rotatable bonds is 2. The number of amides is 1. The standard InChI is InChI=1S/C14H20N2O/c1-3-11(2)14(17)16-9-8-15-10-12-6-4-5-7-13(12)16/h4-7,11,15H,3,8-10H2,1-2H3. The maximum Gasteiger partial charge on any atom is 0.229 e. The van der Waals surface area contributed by atoms with Crippen molar-refractivity contribution < 1.29 is 4.79 Å². The number of nitrogens with one attached hydrogen (secondary N) is 1. The topological polar surface area (TPSA) is 32.3 Å². The number of para-hydroxylation sites is 1. The Hall–Kier alpha value is -1.35. The van der Waals surface area contributed by atoms with Crippen LogP contribution in [0, 0.1) is 5.92 Å². The monoisotopic (exact) mass is 232 g/mol. The van der Waals surface area contributed by atoms with Crippen molar-refractivity contribution in [1.82, 2.24) is 5.32 Å². The second-order valence-electron chi connectivity index (χ2n) is 4.60. The summed E-state index contributed by atoms with van der Waals surface area (Å²) in [5.41, 5.74) is 2.28. The molecule has 0 aromatic heterocycles. The van der Waals surface area contributed by atoms with Crippen molar-refractivity contribution in [2.45, 2.75) is 26.8 Å². The molecule has 0 saturated carbocycles. The van der Waals surface area contributed by atoms with Crippen molar-refractivity contribution in [3.8, 4) is 0 Å². The molecular weight excluding hydrogens is 212 g/mol. The van der Waals surface area contributed by atoms with Gasteiger partial charge < -0.3 is 10.2 Å². The number of hydrogen-bond acceptors (Lipinski definition) is 2. The van der Waals surface area contributed by atoms with Crippen LogP contribution in [-0.4, -0.2) is 19.0 Å². The molecule has 1 aliphatic rings. The molecule has 3 heteroatoms. The summed E-state index contributed by atoms with van der Waals surface area (Å²) in [7, 11) is 0. The fourth-order valence-electron chi connectivity index (χ4n) is 2.13. The van der Waals surface area contributed by atoms with Gasteiger partial charge in [0.2, 0.25) is 5.91 Å². The third kappa shape index (κ3) is 2.50. The fourth-order valence-corrected chi connectivity index (χ4v) is 2.13. The zero-order valence-electron chi connectivity index (χ0n) is 10.6. The molecule has 1 atom stereocenters. The quantitative estimate of drug-likeness (QED) is 0.847. The van der Waals surface area contributed by atoms with Gasteiger partial charge in [0.1, 0.15) is 0 Å². The molecule has 0 bridgehead atoms. The molecule has 3 nitrogen and oxygen atoms in total. The Balaban J connectivity index is 2.31. The van der Waals surface area contributed by atoms with Crippen LogP contribution in [0.15, 0.2) is 24.3 Å². The minimum absolute atomic E-state index is 0.0983. The van der Waals surface area contributed by atoms with E-state index in [1.807, 2.05) is 30.0 Å². The molecule has 0 aliphatic carbocycles. The van der Waals surface area contributed by atoms with E-state index in [1.54, 1.807) is 0 Å². The first kappa shape index (κ1) is 12.1. The Kier molecular flexibility index (Phi) is 3.79. The van der Waals surface area contributed by atoms with Gasteiger partial charge in [-0.15, -0.1) is 0 Å². The van der Waals surface area contributed by atoms with Gasteiger partial charge in [0.25, 0.3) is 0 Å². The molecule has 0 radical (unpaired) electrons. The lowest BCUT2D eigenvalue weighted by Gasteiger charge is -2.25. The van der Waals surface area contributed by atoms with Crippen LogP contribution < -0.4 is 10.2 Å². The van der Waals surface area contributed by atoms with E-state index in [2.05, 4.69) is 18.3 Å². The van der Waals surface area contributed by atoms with Crippen molar-refractivity contribution in [3.05, 3.63) is 29.8 Å². The van der Waals surface area contributed by atoms with E-state index < -0.39 is 0 Å². The number of carbonyl (C=O) groups excluding carboxylic acids is 1. The van der Waals surface area contributed by atoms with Crippen molar-refractivity contribution in [2.24, 2.45) is 5.92 Å². The van der Waals surface area contributed by atoms with Crippen molar-refractivity contribution in [1.29, 1.82) is 0 Å². The highest BCUT2D eigenvalue weighted by molar-refractivity contribution is 5.95. The number of benzene rings is 1. The van der Waals surface area contributed by atoms with Crippen molar-refractivity contribution in [2.75, 3.05) is 18.0 Å². The third-order valence-corrected chi connectivity index (χ3v) is 3.41. The van der Waals surface area contributed by atoms with Gasteiger partial charge in [0.15, 0.2) is 0 Å². The lowest BCUT2D eigenvalue weighted by atomic mass is 10.1. The van der Waals surface area contributed by atoms with Crippen LogP contribution in [-0.2, 0) is 11.3 Å². The van der Waals surface area contributed by atoms with Crippen LogP contribution in [0.4, 0.5) is 5.69 Å². The molecule has 92 valence electrons. The van der Waals surface area contributed by atoms with Crippen LogP contribution in [0.1, 0.15) is 25.8 Å². The van der Waals surface area contributed by atoms with Gasteiger partial charge in [-0.25, -0.2) is 0 Å². The van der Waals surface area contributed by atoms with Crippen LogP contribution in [0.25, 0.3) is 0 Å². The summed E-state index contributed by atoms with van der Waals surface area (Å²) in [4.78, 5) is 14.3. The van der Waals surface area contributed by atoms with Gasteiger partial charge >= 0.3 is 0 Å². The van der Waals surface area contributed by atoms with E-state index >= 15 is 0 Å². The Bertz CT molecular complexity index is 403. The second-order valence-corrected chi connectivity index (χ2v) is 4.60. The highest BCUT2D eigenvalue weighted by atomic mass is 16.2. The summed E-state index contributed by atoms with van der Waals surface area (Å²) in [6.07, 6.45) is 0.894. The molecule has 1 aromatic rings. The summed E-state index contributed by atoms with van der Waals surface area (Å²) in [5.74, 6) is 0.338. The highest BCUT2D eigenvalue weighted by Crippen LogP contribution is 2.24. The number of anilines is 1. The van der Waals surface area contributed by atoms with E-state index in [1.165, 1.54) is 5.56 Å². The van der Waals surface area contributed by atoms with Crippen LogP contribution in [0.3, 0.4) is 0 Å². The minimum atomic E-state index is 0.0983. The van der Waals surface area contributed by atoms with E-state index in [0.717, 1.165) is 31.7 Å². The van der Waals surface area contributed by atoms with E-state index in [9.17, 15) is 4.79 Å². The smallest absolute Gasteiger partial charge is 0.229 e. The maximum absolute atomic E-state index is 12.3. The Morgan fingerprint density at radius 3 is 3.00 bits per heavy atom. The van der Waals surface area contributed by atoms with Crippen LogP contribution >= 0.6 is 0 Å². The highest BCUT2D eigenvalue weighted by Gasteiger charge is 2.23. The zero-order valence-corrected chi connectivity index (χ0v) is 10.6. The molecular formula is C14H20N2O. The summed E-state index contributed by atoms with van der Waals surface area (Å²) >= 11 is 0. The molecule has 17 heavy (non-hydrogen) atoms. The first-order chi connectivity index (χ1) is 8.24. The number of nitrogens with zero attached hydrogens (tertiary/aromatic N) is 1. The molecule has 1 aromatic carbocycles. The molecule has 0 spiro atoms. The third-order valence-electron chi connectivity index (χ3n) is 3.41. The van der Waals surface area contributed by atoms with Gasteiger partial charge in [0, 0.05) is 31.2 Å². The molecule has 1 amide bonds. The molecule has 0 fully saturated rings. The molecule has 1 aliphatic heterocycles. The summed E-state index contributed by atoms with van der Waals surface area (Å²) < 4.78 is 0. The first-order valence-corrected chi connectivity index (χ1v) is 6.34. The van der Waals surface area contributed by atoms with Crippen LogP contribution in [0.5, 0.6) is 0 Å². The van der Waals surface area contributed by atoms with Crippen molar-refractivity contribution in [3.63, 3.8) is 0 Å². The number of fused-ring (bicyclic) bond motifs is 1. The molecule has 2 rings (SSSR count). The van der Waals surface area contributed by atoms with E-state index in [-0.39, 0.29) is 11.8 Å². The average molecular weight is 232 g/mol. The van der Waals surface area contributed by atoms with Gasteiger partial charge in [0.05, 0.1) is 0 Å². The van der Waals surface area contributed by atoms with Gasteiger partial charge in [-0.2, -0.15) is 0 Å². The van der Waals surface area contributed by atoms with E-state index in [4.69, 9.17) is 0 Å². The molecule has 0 saturated heterocycles. The summed E-state index contributed by atoms with van der Waals surface area (Å²) in [5, 5.41) is 3.35. The second kappa shape index (κ2) is 5.32. The minimum Gasteiger partial charge on any atom is -0.311 e. The average Bonchev–Trinajstić information content (AvgIpc) is 2.59. The normalized spacial score (nSPS) is 17.2. The lowest BCUT2D eigenvalue weighted by Crippen LogP contribution is -2.38. The maximum atomic E-state index is 12.3. The predicted molar refractivity (Wildman–Crippen MR) is 70.0 cm³/mol. The Labute approximate surface area is 103 Å². The Morgan fingerprint density at radius 1 is 1.47 bits per heavy atom. The number of hydrogen-bond donors (Lipinski definition) is 1. The largest absolute Gasteiger partial charge is 0.311 e. The van der Waals surface area contributed by atoms with E-state index in [0.29, 0.717) is 0 Å². The lowest BCUT2D eigenvalue weighted by molar-refractivity contribution is -0.121. The van der Waals surface area contributed by atoms with Gasteiger partial charge in [-0.05, 0) is 18.1 Å². The van der Waals surface area contributed by atoms with Gasteiger partial charge in [-0.1, -0.05) is 32.0 Å².